The predicted octanol–water partition coefficient (Wildman–Crippen LogP) is 3.29. The van der Waals surface area contributed by atoms with Crippen molar-refractivity contribution in [1.29, 1.82) is 0 Å². The van der Waals surface area contributed by atoms with Gasteiger partial charge in [0.15, 0.2) is 0 Å². The van der Waals surface area contributed by atoms with Crippen molar-refractivity contribution in [2.75, 3.05) is 0 Å². The quantitative estimate of drug-likeness (QED) is 0.756. The van der Waals surface area contributed by atoms with Crippen LogP contribution in [-0.2, 0) is 0 Å². The molecule has 0 aromatic heterocycles. The van der Waals surface area contributed by atoms with Crippen LogP contribution >= 0.6 is 0 Å². The Morgan fingerprint density at radius 3 is 1.29 bits per heavy atom. The summed E-state index contributed by atoms with van der Waals surface area (Å²) >= 11 is -2.08. The maximum absolute atomic E-state index is 2.36. The molecule has 0 unspecified atom stereocenters. The molecule has 0 atom stereocenters. The summed E-state index contributed by atoms with van der Waals surface area (Å²) in [5.74, 6) is 0. The van der Waals surface area contributed by atoms with Crippen LogP contribution in [0.2, 0.25) is 10.5 Å². The van der Waals surface area contributed by atoms with Crippen LogP contribution in [0.1, 0.15) is 13.8 Å². The number of rotatable bonds is 4. The molecule has 0 bridgehead atoms. The first-order valence-corrected chi connectivity index (χ1v) is 11.5. The fourth-order valence-electron chi connectivity index (χ4n) is 2.75. The molecule has 88 valence electrons. The normalized spacial score (nSPS) is 11.4. The third-order valence-corrected chi connectivity index (χ3v) is 15.0. The van der Waals surface area contributed by atoms with Crippen LogP contribution in [0, 0.1) is 0 Å². The van der Waals surface area contributed by atoms with Crippen LogP contribution in [0.4, 0.5) is 0 Å². The predicted molar refractivity (Wildman–Crippen MR) is 78.9 cm³/mol. The molecule has 0 spiro atoms. The zero-order chi connectivity index (χ0) is 12.1. The van der Waals surface area contributed by atoms with Crippen LogP contribution in [-0.4, -0.2) is 13.3 Å². The van der Waals surface area contributed by atoms with E-state index in [4.69, 9.17) is 0 Å². The first-order chi connectivity index (χ1) is 8.33. The third kappa shape index (κ3) is 2.32. The molecule has 0 saturated heterocycles. The van der Waals surface area contributed by atoms with Gasteiger partial charge in [0.05, 0.1) is 0 Å². The summed E-state index contributed by atoms with van der Waals surface area (Å²) in [6.07, 6.45) is 0. The third-order valence-electron chi connectivity index (χ3n) is 3.86. The molecule has 0 aliphatic rings. The molecule has 0 saturated carbocycles. The Morgan fingerprint density at radius 1 is 0.647 bits per heavy atom. The monoisotopic (exact) mass is 286 g/mol. The minimum atomic E-state index is -2.08. The summed E-state index contributed by atoms with van der Waals surface area (Å²) in [5.41, 5.74) is 0. The van der Waals surface area contributed by atoms with Gasteiger partial charge in [-0.15, -0.1) is 0 Å². The topological polar surface area (TPSA) is 0 Å². The van der Waals surface area contributed by atoms with Gasteiger partial charge in [0.1, 0.15) is 0 Å². The van der Waals surface area contributed by atoms with Gasteiger partial charge >= 0.3 is 107 Å². The van der Waals surface area contributed by atoms with Crippen LogP contribution in [0.3, 0.4) is 0 Å². The molecule has 2 aromatic carbocycles. The molecule has 0 nitrogen and oxygen atoms in total. The van der Waals surface area contributed by atoms with E-state index in [-0.39, 0.29) is 0 Å². The van der Waals surface area contributed by atoms with Crippen LogP contribution in [0.25, 0.3) is 0 Å². The molecule has 17 heavy (non-hydrogen) atoms. The first kappa shape index (κ1) is 12.4. The second-order valence-corrected chi connectivity index (χ2v) is 14.5. The molecular weight excluding hydrogens is 265 g/mol. The van der Waals surface area contributed by atoms with Gasteiger partial charge in [0.2, 0.25) is 0 Å². The summed E-state index contributed by atoms with van der Waals surface area (Å²) in [6.45, 7) is 4.73. The summed E-state index contributed by atoms with van der Waals surface area (Å²) in [7, 11) is 0. The van der Waals surface area contributed by atoms with Crippen molar-refractivity contribution >= 4 is 22.1 Å². The second-order valence-electron chi connectivity index (χ2n) is 4.52. The molecule has 0 heterocycles. The van der Waals surface area contributed by atoms with E-state index in [2.05, 4.69) is 74.5 Å². The fraction of sp³-hybridized carbons (Fsp3) is 0.250. The molecule has 0 aliphatic heterocycles. The van der Waals surface area contributed by atoms with Crippen molar-refractivity contribution in [1.82, 2.24) is 0 Å². The Morgan fingerprint density at radius 2 is 1.00 bits per heavy atom. The van der Waals surface area contributed by atoms with E-state index in [1.165, 1.54) is 10.5 Å². The van der Waals surface area contributed by atoms with Crippen LogP contribution < -0.4 is 8.79 Å². The fourth-order valence-corrected chi connectivity index (χ4v) is 11.4. The maximum atomic E-state index is 2.36. The van der Waals surface area contributed by atoms with Crippen LogP contribution in [0.15, 0.2) is 60.7 Å². The molecule has 0 amide bonds. The average Bonchev–Trinajstić information content (AvgIpc) is 2.43. The van der Waals surface area contributed by atoms with Crippen molar-refractivity contribution in [3.05, 3.63) is 60.7 Å². The molecule has 0 aliphatic carbocycles. The summed E-state index contributed by atoms with van der Waals surface area (Å²) in [6, 6.07) is 22.3. The minimum absolute atomic E-state index is 1.32. The van der Waals surface area contributed by atoms with E-state index >= 15 is 0 Å². The van der Waals surface area contributed by atoms with Crippen molar-refractivity contribution in [3.63, 3.8) is 0 Å². The molecular formula is C16H20Ge. The van der Waals surface area contributed by atoms with Gasteiger partial charge in [0, 0.05) is 0 Å². The molecule has 2 rings (SSSR count). The van der Waals surface area contributed by atoms with Crippen molar-refractivity contribution in [3.8, 4) is 0 Å². The van der Waals surface area contributed by atoms with E-state index in [1.807, 2.05) is 0 Å². The van der Waals surface area contributed by atoms with Crippen molar-refractivity contribution in [2.45, 2.75) is 24.4 Å². The zero-order valence-corrected chi connectivity index (χ0v) is 12.8. The molecule has 0 N–H and O–H groups in total. The van der Waals surface area contributed by atoms with Gasteiger partial charge in [-0.1, -0.05) is 0 Å². The molecule has 0 fully saturated rings. The summed E-state index contributed by atoms with van der Waals surface area (Å²) < 4.78 is 3.23. The summed E-state index contributed by atoms with van der Waals surface area (Å²) in [5, 5.41) is 2.65. The average molecular weight is 285 g/mol. The Hall–Kier alpha value is -1.02. The SMILES string of the molecule is C[CH2][Ge]([CH2]C)([c]1ccccc1)[c]1ccccc1. The molecule has 1 heteroatoms. The van der Waals surface area contributed by atoms with Crippen LogP contribution in [0.5, 0.6) is 0 Å². The Labute approximate surface area is 107 Å². The second kappa shape index (κ2) is 5.55. The zero-order valence-electron chi connectivity index (χ0n) is 10.7. The number of hydrogen-bond donors (Lipinski definition) is 0. The van der Waals surface area contributed by atoms with E-state index < -0.39 is 13.3 Å². The van der Waals surface area contributed by atoms with Gasteiger partial charge in [-0.25, -0.2) is 0 Å². The Kier molecular flexibility index (Phi) is 4.06. The van der Waals surface area contributed by atoms with E-state index in [0.717, 1.165) is 0 Å². The standard InChI is InChI=1S/C16H20Ge/c1-3-17(4-2,15-11-7-5-8-12-15)16-13-9-6-10-14-16/h5-14H,3-4H2,1-2H3. The number of hydrogen-bond acceptors (Lipinski definition) is 0. The van der Waals surface area contributed by atoms with Crippen molar-refractivity contribution in [2.24, 2.45) is 0 Å². The van der Waals surface area contributed by atoms with E-state index in [1.54, 1.807) is 8.79 Å². The first-order valence-electron chi connectivity index (χ1n) is 6.44. The van der Waals surface area contributed by atoms with Gasteiger partial charge in [0.25, 0.3) is 0 Å². The Bertz CT molecular complexity index is 402. The van der Waals surface area contributed by atoms with E-state index in [0.29, 0.717) is 0 Å². The Balaban J connectivity index is 2.54. The van der Waals surface area contributed by atoms with Gasteiger partial charge in [-0.2, -0.15) is 0 Å². The molecule has 0 radical (unpaired) electrons. The van der Waals surface area contributed by atoms with E-state index in [9.17, 15) is 0 Å². The van der Waals surface area contributed by atoms with Crippen molar-refractivity contribution < 1.29 is 0 Å². The van der Waals surface area contributed by atoms with Gasteiger partial charge in [-0.3, -0.25) is 0 Å². The number of benzene rings is 2. The molecule has 2 aromatic rings. The van der Waals surface area contributed by atoms with Gasteiger partial charge in [-0.05, 0) is 0 Å². The summed E-state index contributed by atoms with van der Waals surface area (Å²) in [4.78, 5) is 0. The van der Waals surface area contributed by atoms with Gasteiger partial charge < -0.3 is 0 Å².